The summed E-state index contributed by atoms with van der Waals surface area (Å²) >= 11 is 12.3. The molecular formula is C16H11Cl2NO3. The maximum Gasteiger partial charge on any atom is 0.326 e. The Labute approximate surface area is 135 Å². The largest absolute Gasteiger partial charge is 0.480 e. The van der Waals surface area contributed by atoms with Crippen LogP contribution in [-0.4, -0.2) is 15.6 Å². The second kappa shape index (κ2) is 5.30. The number of aromatic nitrogens is 1. The number of aliphatic carboxylic acids is 1. The summed E-state index contributed by atoms with van der Waals surface area (Å²) in [7, 11) is 0. The summed E-state index contributed by atoms with van der Waals surface area (Å²) in [6.07, 6.45) is 0. The summed E-state index contributed by atoms with van der Waals surface area (Å²) in [4.78, 5) is 24.1. The molecule has 0 fully saturated rings. The van der Waals surface area contributed by atoms with E-state index in [0.717, 1.165) is 0 Å². The molecule has 0 radical (unpaired) electrons. The van der Waals surface area contributed by atoms with E-state index in [1.54, 1.807) is 34.9 Å². The molecule has 112 valence electrons. The standard InChI is InChI=1S/C16H11Cl2NO3/c1-8(16(21)22)19-12-5-3-2-4-9(12)15(20)10-6-7-11(17)13(18)14(10)19/h2-8H,1H3,(H,21,22). The van der Waals surface area contributed by atoms with Gasteiger partial charge < -0.3 is 9.67 Å². The van der Waals surface area contributed by atoms with Crippen LogP contribution in [-0.2, 0) is 4.79 Å². The Morgan fingerprint density at radius 3 is 2.50 bits per heavy atom. The number of nitrogens with zero attached hydrogens (tertiary/aromatic N) is 1. The minimum absolute atomic E-state index is 0.176. The molecule has 4 nitrogen and oxygen atoms in total. The molecule has 1 atom stereocenters. The average Bonchev–Trinajstić information content (AvgIpc) is 2.51. The van der Waals surface area contributed by atoms with Crippen molar-refractivity contribution in [1.82, 2.24) is 4.57 Å². The highest BCUT2D eigenvalue weighted by Gasteiger charge is 2.22. The lowest BCUT2D eigenvalue weighted by molar-refractivity contribution is -0.140. The topological polar surface area (TPSA) is 59.3 Å². The fourth-order valence-corrected chi connectivity index (χ4v) is 3.02. The van der Waals surface area contributed by atoms with Crippen LogP contribution in [0.2, 0.25) is 10.0 Å². The molecule has 22 heavy (non-hydrogen) atoms. The maximum absolute atomic E-state index is 12.6. The Morgan fingerprint density at radius 2 is 1.82 bits per heavy atom. The van der Waals surface area contributed by atoms with E-state index in [9.17, 15) is 14.7 Å². The summed E-state index contributed by atoms with van der Waals surface area (Å²) in [5.41, 5.74) is 0.657. The third-order valence-corrected chi connectivity index (χ3v) is 4.50. The van der Waals surface area contributed by atoms with Crippen molar-refractivity contribution in [2.24, 2.45) is 0 Å². The molecule has 1 unspecified atom stereocenters. The van der Waals surface area contributed by atoms with E-state index in [1.165, 1.54) is 13.0 Å². The molecular weight excluding hydrogens is 325 g/mol. The predicted molar refractivity (Wildman–Crippen MR) is 88.1 cm³/mol. The van der Waals surface area contributed by atoms with Gasteiger partial charge in [-0.15, -0.1) is 0 Å². The molecule has 3 aromatic rings. The third kappa shape index (κ3) is 2.07. The Bertz CT molecular complexity index is 978. The predicted octanol–water partition coefficient (Wildman–Crippen LogP) is 4.11. The van der Waals surface area contributed by atoms with Gasteiger partial charge >= 0.3 is 5.97 Å². The first-order valence-electron chi connectivity index (χ1n) is 6.57. The molecule has 0 spiro atoms. The number of rotatable bonds is 2. The zero-order valence-electron chi connectivity index (χ0n) is 11.5. The van der Waals surface area contributed by atoms with Gasteiger partial charge in [-0.3, -0.25) is 4.79 Å². The van der Waals surface area contributed by atoms with Crippen LogP contribution in [0.15, 0.2) is 41.2 Å². The molecule has 0 saturated heterocycles. The van der Waals surface area contributed by atoms with Crippen molar-refractivity contribution >= 4 is 51.0 Å². The van der Waals surface area contributed by atoms with E-state index < -0.39 is 12.0 Å². The number of benzene rings is 2. The zero-order valence-corrected chi connectivity index (χ0v) is 13.0. The lowest BCUT2D eigenvalue weighted by Gasteiger charge is -2.19. The normalized spacial score (nSPS) is 12.7. The van der Waals surface area contributed by atoms with E-state index in [2.05, 4.69) is 0 Å². The van der Waals surface area contributed by atoms with Crippen LogP contribution in [0.5, 0.6) is 0 Å². The number of carboxylic acid groups (broad SMARTS) is 1. The van der Waals surface area contributed by atoms with Crippen LogP contribution in [0.25, 0.3) is 21.8 Å². The maximum atomic E-state index is 12.6. The SMILES string of the molecule is CC(C(=O)O)n1c2ccccc2c(=O)c2ccc(Cl)c(Cl)c21. The molecule has 1 N–H and O–H groups in total. The lowest BCUT2D eigenvalue weighted by atomic mass is 10.1. The number of hydrogen-bond acceptors (Lipinski definition) is 2. The van der Waals surface area contributed by atoms with Gasteiger partial charge in [-0.1, -0.05) is 35.3 Å². The molecule has 3 rings (SSSR count). The van der Waals surface area contributed by atoms with Gasteiger partial charge in [0.1, 0.15) is 6.04 Å². The van der Waals surface area contributed by atoms with Crippen molar-refractivity contribution in [3.05, 3.63) is 56.7 Å². The minimum atomic E-state index is -1.02. The molecule has 0 bridgehead atoms. The molecule has 1 aromatic heterocycles. The molecule has 0 aliphatic heterocycles. The van der Waals surface area contributed by atoms with Crippen molar-refractivity contribution in [3.63, 3.8) is 0 Å². The van der Waals surface area contributed by atoms with E-state index in [0.29, 0.717) is 21.8 Å². The van der Waals surface area contributed by atoms with Gasteiger partial charge in [-0.05, 0) is 31.2 Å². The summed E-state index contributed by atoms with van der Waals surface area (Å²) < 4.78 is 1.54. The summed E-state index contributed by atoms with van der Waals surface area (Å²) in [6.45, 7) is 1.54. The summed E-state index contributed by atoms with van der Waals surface area (Å²) in [5, 5.41) is 10.7. The van der Waals surface area contributed by atoms with Crippen LogP contribution in [0.3, 0.4) is 0 Å². The van der Waals surface area contributed by atoms with Crippen molar-refractivity contribution in [2.45, 2.75) is 13.0 Å². The molecule has 1 heterocycles. The second-order valence-corrected chi connectivity index (χ2v) is 5.77. The van der Waals surface area contributed by atoms with Gasteiger partial charge in [0.25, 0.3) is 0 Å². The van der Waals surface area contributed by atoms with E-state index in [-0.39, 0.29) is 15.5 Å². The van der Waals surface area contributed by atoms with Gasteiger partial charge in [0.05, 0.1) is 21.1 Å². The Hall–Kier alpha value is -2.04. The Kier molecular flexibility index (Phi) is 3.59. The fourth-order valence-electron chi connectivity index (χ4n) is 2.61. The first kappa shape index (κ1) is 14.9. The monoisotopic (exact) mass is 335 g/mol. The first-order valence-corrected chi connectivity index (χ1v) is 7.33. The molecule has 0 aliphatic rings. The quantitative estimate of drug-likeness (QED) is 0.717. The summed E-state index contributed by atoms with van der Waals surface area (Å²) in [6, 6.07) is 9.07. The number of fused-ring (bicyclic) bond motifs is 2. The number of carbonyl (C=O) groups is 1. The van der Waals surface area contributed by atoms with Gasteiger partial charge in [0, 0.05) is 10.8 Å². The Morgan fingerprint density at radius 1 is 1.14 bits per heavy atom. The van der Waals surface area contributed by atoms with Gasteiger partial charge in [-0.25, -0.2) is 4.79 Å². The van der Waals surface area contributed by atoms with Crippen molar-refractivity contribution in [1.29, 1.82) is 0 Å². The molecule has 0 aliphatic carbocycles. The average molecular weight is 336 g/mol. The smallest absolute Gasteiger partial charge is 0.326 e. The lowest BCUT2D eigenvalue weighted by Crippen LogP contribution is -2.20. The number of halogens is 2. The van der Waals surface area contributed by atoms with Gasteiger partial charge in [0.15, 0.2) is 5.43 Å². The number of pyridine rings is 1. The van der Waals surface area contributed by atoms with Crippen molar-refractivity contribution in [3.8, 4) is 0 Å². The van der Waals surface area contributed by atoms with Crippen LogP contribution < -0.4 is 5.43 Å². The summed E-state index contributed by atoms with van der Waals surface area (Å²) in [5.74, 6) is -1.02. The van der Waals surface area contributed by atoms with Crippen molar-refractivity contribution in [2.75, 3.05) is 0 Å². The van der Waals surface area contributed by atoms with Crippen LogP contribution in [0.4, 0.5) is 0 Å². The fraction of sp³-hybridized carbons (Fsp3) is 0.125. The second-order valence-electron chi connectivity index (χ2n) is 4.99. The van der Waals surface area contributed by atoms with Crippen LogP contribution in [0.1, 0.15) is 13.0 Å². The van der Waals surface area contributed by atoms with E-state index in [4.69, 9.17) is 23.2 Å². The van der Waals surface area contributed by atoms with Gasteiger partial charge in [0.2, 0.25) is 0 Å². The number of hydrogen-bond donors (Lipinski definition) is 1. The molecule has 0 amide bonds. The van der Waals surface area contributed by atoms with E-state index in [1.807, 2.05) is 0 Å². The molecule has 2 aromatic carbocycles. The highest BCUT2D eigenvalue weighted by molar-refractivity contribution is 6.45. The van der Waals surface area contributed by atoms with E-state index >= 15 is 0 Å². The van der Waals surface area contributed by atoms with Crippen LogP contribution in [0, 0.1) is 0 Å². The Balaban J connectivity index is 2.67. The minimum Gasteiger partial charge on any atom is -0.480 e. The van der Waals surface area contributed by atoms with Crippen LogP contribution >= 0.6 is 23.2 Å². The number of para-hydroxylation sites is 1. The highest BCUT2D eigenvalue weighted by atomic mass is 35.5. The first-order chi connectivity index (χ1) is 10.4. The third-order valence-electron chi connectivity index (χ3n) is 3.71. The zero-order chi connectivity index (χ0) is 16.0. The molecule has 6 heteroatoms. The number of carboxylic acids is 1. The molecule has 0 saturated carbocycles. The highest BCUT2D eigenvalue weighted by Crippen LogP contribution is 2.33. The van der Waals surface area contributed by atoms with Crippen molar-refractivity contribution < 1.29 is 9.90 Å². The van der Waals surface area contributed by atoms with Gasteiger partial charge in [-0.2, -0.15) is 0 Å².